The van der Waals surface area contributed by atoms with Gasteiger partial charge in [0.05, 0.1) is 19.0 Å². The summed E-state index contributed by atoms with van der Waals surface area (Å²) in [5, 5.41) is 3.98. The van der Waals surface area contributed by atoms with Crippen molar-refractivity contribution in [3.05, 3.63) is 54.0 Å². The van der Waals surface area contributed by atoms with Gasteiger partial charge in [0.25, 0.3) is 5.95 Å². The van der Waals surface area contributed by atoms with Crippen molar-refractivity contribution in [3.8, 4) is 23.0 Å². The van der Waals surface area contributed by atoms with Crippen LogP contribution >= 0.6 is 0 Å². The third kappa shape index (κ3) is 3.22. The van der Waals surface area contributed by atoms with E-state index in [1.165, 1.54) is 18.0 Å². The van der Waals surface area contributed by atoms with E-state index in [9.17, 15) is 13.2 Å². The first kappa shape index (κ1) is 16.0. The first-order valence-electron chi connectivity index (χ1n) is 6.99. The summed E-state index contributed by atoms with van der Waals surface area (Å²) in [7, 11) is 1.51. The van der Waals surface area contributed by atoms with Gasteiger partial charge in [-0.1, -0.05) is 0 Å². The second-order valence-corrected chi connectivity index (χ2v) is 5.13. The van der Waals surface area contributed by atoms with Crippen molar-refractivity contribution in [3.63, 3.8) is 0 Å². The van der Waals surface area contributed by atoms with Crippen LogP contribution in [0.15, 0.2) is 42.7 Å². The van der Waals surface area contributed by atoms with Crippen LogP contribution in [0.1, 0.15) is 11.3 Å². The largest absolute Gasteiger partial charge is 0.497 e. The van der Waals surface area contributed by atoms with Crippen LogP contribution in [-0.2, 0) is 6.18 Å². The minimum absolute atomic E-state index is 0.135. The van der Waals surface area contributed by atoms with Crippen molar-refractivity contribution in [2.45, 2.75) is 13.1 Å². The van der Waals surface area contributed by atoms with E-state index in [0.29, 0.717) is 11.3 Å². The molecule has 3 rings (SSSR count). The number of alkyl halides is 3. The van der Waals surface area contributed by atoms with Crippen molar-refractivity contribution in [1.29, 1.82) is 0 Å². The predicted octanol–water partition coefficient (Wildman–Crippen LogP) is 3.67. The zero-order chi connectivity index (χ0) is 17.3. The van der Waals surface area contributed by atoms with Crippen LogP contribution in [-0.4, -0.2) is 26.9 Å². The fourth-order valence-electron chi connectivity index (χ4n) is 2.11. The summed E-state index contributed by atoms with van der Waals surface area (Å²) in [6, 6.07) is 7.51. The van der Waals surface area contributed by atoms with Crippen molar-refractivity contribution in [2.24, 2.45) is 0 Å². The maximum absolute atomic E-state index is 13.2. The van der Waals surface area contributed by atoms with Gasteiger partial charge in [0.2, 0.25) is 0 Å². The van der Waals surface area contributed by atoms with Crippen LogP contribution in [0.25, 0.3) is 17.2 Å². The highest BCUT2D eigenvalue weighted by Crippen LogP contribution is 2.31. The van der Waals surface area contributed by atoms with Crippen LogP contribution < -0.4 is 4.74 Å². The quantitative estimate of drug-likeness (QED) is 0.733. The summed E-state index contributed by atoms with van der Waals surface area (Å²) < 4.78 is 45.8. The number of aromatic nitrogens is 4. The minimum Gasteiger partial charge on any atom is -0.497 e. The molecule has 0 spiro atoms. The molecule has 0 saturated heterocycles. The highest BCUT2D eigenvalue weighted by Gasteiger charge is 2.34. The number of nitrogens with zero attached hydrogens (tertiary/aromatic N) is 4. The van der Waals surface area contributed by atoms with Gasteiger partial charge in [-0.3, -0.25) is 0 Å². The maximum Gasteiger partial charge on any atom is 0.433 e. The van der Waals surface area contributed by atoms with Gasteiger partial charge in [0.15, 0.2) is 5.69 Å². The Hall–Kier alpha value is -2.90. The molecule has 2 heterocycles. The number of hydrogen-bond acceptors (Lipinski definition) is 4. The second-order valence-electron chi connectivity index (χ2n) is 5.13. The Labute approximate surface area is 135 Å². The predicted molar refractivity (Wildman–Crippen MR) is 80.9 cm³/mol. The van der Waals surface area contributed by atoms with E-state index in [1.54, 1.807) is 37.4 Å². The van der Waals surface area contributed by atoms with E-state index in [2.05, 4.69) is 15.1 Å². The fraction of sp³-hybridized carbons (Fsp3) is 0.188. The third-order valence-corrected chi connectivity index (χ3v) is 3.31. The van der Waals surface area contributed by atoms with Crippen molar-refractivity contribution in [2.75, 3.05) is 7.11 Å². The number of ether oxygens (including phenoxy) is 1. The van der Waals surface area contributed by atoms with Crippen LogP contribution in [0.5, 0.6) is 5.75 Å². The Bertz CT molecular complexity index is 857. The summed E-state index contributed by atoms with van der Waals surface area (Å²) in [4.78, 5) is 7.79. The number of benzene rings is 1. The molecule has 0 radical (unpaired) electrons. The summed E-state index contributed by atoms with van der Waals surface area (Å²) in [6.07, 6.45) is -1.49. The first-order chi connectivity index (χ1) is 11.4. The molecule has 8 heteroatoms. The molecule has 0 atom stereocenters. The van der Waals surface area contributed by atoms with Gasteiger partial charge in [-0.2, -0.15) is 18.3 Å². The van der Waals surface area contributed by atoms with Crippen LogP contribution in [0, 0.1) is 6.92 Å². The molecule has 2 aromatic heterocycles. The van der Waals surface area contributed by atoms with E-state index < -0.39 is 11.9 Å². The van der Waals surface area contributed by atoms with Crippen LogP contribution in [0.2, 0.25) is 0 Å². The molecule has 0 fully saturated rings. The molecule has 0 saturated carbocycles. The Morgan fingerprint density at radius 2 is 1.79 bits per heavy atom. The molecule has 0 unspecified atom stereocenters. The van der Waals surface area contributed by atoms with Crippen molar-refractivity contribution in [1.82, 2.24) is 19.7 Å². The number of halogens is 3. The molecule has 0 N–H and O–H groups in total. The minimum atomic E-state index is -4.58. The second kappa shape index (κ2) is 5.95. The smallest absolute Gasteiger partial charge is 0.433 e. The normalized spacial score (nSPS) is 11.5. The standard InChI is InChI=1S/C16H13F3N4O/c1-10-8-20-23(9-10)15-21-13(7-14(22-15)16(17,18)19)11-3-5-12(24-2)6-4-11/h3-9H,1-2H3. The zero-order valence-electron chi connectivity index (χ0n) is 12.9. The highest BCUT2D eigenvalue weighted by molar-refractivity contribution is 5.61. The molecule has 0 aliphatic carbocycles. The third-order valence-electron chi connectivity index (χ3n) is 3.31. The Balaban J connectivity index is 2.14. The monoisotopic (exact) mass is 334 g/mol. The molecule has 0 amide bonds. The van der Waals surface area contributed by atoms with Crippen molar-refractivity contribution < 1.29 is 17.9 Å². The summed E-state index contributed by atoms with van der Waals surface area (Å²) in [5.74, 6) is 0.468. The average Bonchev–Trinajstić information content (AvgIpc) is 3.00. The average molecular weight is 334 g/mol. The van der Waals surface area contributed by atoms with E-state index in [4.69, 9.17) is 4.74 Å². The van der Waals surface area contributed by atoms with Gasteiger partial charge in [0.1, 0.15) is 5.75 Å². The lowest BCUT2D eigenvalue weighted by molar-refractivity contribution is -0.141. The lowest BCUT2D eigenvalue weighted by Crippen LogP contribution is -2.13. The Kier molecular flexibility index (Phi) is 3.96. The van der Waals surface area contributed by atoms with E-state index in [-0.39, 0.29) is 11.6 Å². The summed E-state index contributed by atoms with van der Waals surface area (Å²) >= 11 is 0. The molecule has 3 aromatic rings. The zero-order valence-corrected chi connectivity index (χ0v) is 12.9. The van der Waals surface area contributed by atoms with Gasteiger partial charge in [0, 0.05) is 11.8 Å². The van der Waals surface area contributed by atoms with Gasteiger partial charge >= 0.3 is 6.18 Å². The topological polar surface area (TPSA) is 52.8 Å². The number of hydrogen-bond donors (Lipinski definition) is 0. The summed E-state index contributed by atoms with van der Waals surface area (Å²) in [6.45, 7) is 1.78. The number of rotatable bonds is 3. The van der Waals surface area contributed by atoms with E-state index in [1.807, 2.05) is 0 Å². The Morgan fingerprint density at radius 3 is 2.33 bits per heavy atom. The lowest BCUT2D eigenvalue weighted by atomic mass is 10.1. The number of aryl methyl sites for hydroxylation is 1. The van der Waals surface area contributed by atoms with Gasteiger partial charge in [-0.25, -0.2) is 14.6 Å². The van der Waals surface area contributed by atoms with E-state index in [0.717, 1.165) is 11.6 Å². The molecule has 1 aromatic carbocycles. The molecule has 24 heavy (non-hydrogen) atoms. The lowest BCUT2D eigenvalue weighted by Gasteiger charge is -2.11. The molecule has 0 aliphatic rings. The van der Waals surface area contributed by atoms with Gasteiger partial charge < -0.3 is 4.74 Å². The number of methoxy groups -OCH3 is 1. The molecular weight excluding hydrogens is 321 g/mol. The maximum atomic E-state index is 13.2. The molecule has 0 bridgehead atoms. The first-order valence-corrected chi connectivity index (χ1v) is 6.99. The van der Waals surface area contributed by atoms with Gasteiger partial charge in [-0.15, -0.1) is 0 Å². The van der Waals surface area contributed by atoms with Crippen LogP contribution in [0.3, 0.4) is 0 Å². The van der Waals surface area contributed by atoms with E-state index >= 15 is 0 Å². The highest BCUT2D eigenvalue weighted by atomic mass is 19.4. The van der Waals surface area contributed by atoms with Crippen molar-refractivity contribution >= 4 is 0 Å². The fourth-order valence-corrected chi connectivity index (χ4v) is 2.11. The molecular formula is C16H13F3N4O. The Morgan fingerprint density at radius 1 is 1.08 bits per heavy atom. The SMILES string of the molecule is COc1ccc(-c2cc(C(F)(F)F)nc(-n3cc(C)cn3)n2)cc1. The molecule has 5 nitrogen and oxygen atoms in total. The molecule has 0 aliphatic heterocycles. The summed E-state index contributed by atoms with van der Waals surface area (Å²) in [5.41, 5.74) is 0.449. The van der Waals surface area contributed by atoms with Gasteiger partial charge in [-0.05, 0) is 42.8 Å². The molecule has 124 valence electrons. The van der Waals surface area contributed by atoms with Crippen LogP contribution in [0.4, 0.5) is 13.2 Å².